The topological polar surface area (TPSA) is 48.0 Å². The van der Waals surface area contributed by atoms with Gasteiger partial charge in [-0.1, -0.05) is 36.4 Å². The molecule has 3 nitrogen and oxygen atoms in total. The van der Waals surface area contributed by atoms with Crippen molar-refractivity contribution in [3.05, 3.63) is 59.8 Å². The van der Waals surface area contributed by atoms with Crippen LogP contribution in [0.2, 0.25) is 0 Å². The lowest BCUT2D eigenvalue weighted by Gasteiger charge is -2.13. The Labute approximate surface area is 136 Å². The second kappa shape index (κ2) is 5.84. The zero-order valence-corrected chi connectivity index (χ0v) is 13.3. The molecule has 1 heterocycles. The number of hydrogen-bond donors (Lipinski definition) is 3. The summed E-state index contributed by atoms with van der Waals surface area (Å²) < 4.78 is 0. The number of hydrogen-bond acceptors (Lipinski definition) is 2. The van der Waals surface area contributed by atoms with Gasteiger partial charge in [0.2, 0.25) is 0 Å². The number of aromatic amines is 1. The third-order valence-electron chi connectivity index (χ3n) is 4.74. The van der Waals surface area contributed by atoms with Crippen molar-refractivity contribution in [3.63, 3.8) is 0 Å². The molecule has 1 aliphatic carbocycles. The van der Waals surface area contributed by atoms with Crippen LogP contribution in [0, 0.1) is 0 Å². The average Bonchev–Trinajstić information content (AvgIpc) is 3.12. The first-order chi connectivity index (χ1) is 11.2. The monoisotopic (exact) mass is 306 g/mol. The summed E-state index contributed by atoms with van der Waals surface area (Å²) in [7, 11) is 0. The highest BCUT2D eigenvalue weighted by atomic mass is 16.3. The molecular weight excluding hydrogens is 284 g/mol. The minimum atomic E-state index is -0.312. The lowest BCUT2D eigenvalue weighted by atomic mass is 10.0. The Kier molecular flexibility index (Phi) is 3.68. The molecule has 0 radical (unpaired) electrons. The molecule has 2 atom stereocenters. The third kappa shape index (κ3) is 2.67. The van der Waals surface area contributed by atoms with Gasteiger partial charge >= 0.3 is 0 Å². The van der Waals surface area contributed by atoms with Gasteiger partial charge in [-0.25, -0.2) is 0 Å². The van der Waals surface area contributed by atoms with E-state index >= 15 is 0 Å². The number of aromatic nitrogens is 1. The van der Waals surface area contributed by atoms with E-state index < -0.39 is 0 Å². The largest absolute Gasteiger partial charge is 0.392 e. The van der Waals surface area contributed by atoms with E-state index in [9.17, 15) is 5.11 Å². The third-order valence-corrected chi connectivity index (χ3v) is 4.74. The van der Waals surface area contributed by atoms with E-state index in [-0.39, 0.29) is 6.10 Å². The van der Waals surface area contributed by atoms with Crippen LogP contribution in [0.25, 0.3) is 22.0 Å². The number of H-pyrrole nitrogens is 1. The molecule has 0 saturated carbocycles. The maximum atomic E-state index is 9.49. The zero-order valence-electron chi connectivity index (χ0n) is 13.3. The molecule has 1 aromatic heterocycles. The molecule has 0 amide bonds. The van der Waals surface area contributed by atoms with Crippen molar-refractivity contribution in [2.45, 2.75) is 31.9 Å². The summed E-state index contributed by atoms with van der Waals surface area (Å²) in [6.45, 7) is 2.45. The number of fused-ring (bicyclic) bond motifs is 3. The van der Waals surface area contributed by atoms with E-state index in [1.54, 1.807) is 0 Å². The fourth-order valence-electron chi connectivity index (χ4n) is 3.60. The van der Waals surface area contributed by atoms with Crippen LogP contribution in [0.4, 0.5) is 0 Å². The summed E-state index contributed by atoms with van der Waals surface area (Å²) in [5.41, 5.74) is 6.45. The minimum absolute atomic E-state index is 0.312. The SMILES string of the molecule is C[C@H](O)CN[C@@H]1CCc2c1[nH]c1ccc(-c3ccccc3)cc21. The fraction of sp³-hybridized carbons (Fsp3) is 0.300. The molecule has 0 bridgehead atoms. The number of benzene rings is 2. The van der Waals surface area contributed by atoms with Crippen molar-refractivity contribution in [1.29, 1.82) is 0 Å². The molecule has 2 aromatic carbocycles. The van der Waals surface area contributed by atoms with E-state index in [1.165, 1.54) is 33.3 Å². The fourth-order valence-corrected chi connectivity index (χ4v) is 3.60. The Hall–Kier alpha value is -2.10. The van der Waals surface area contributed by atoms with Gasteiger partial charge in [0, 0.05) is 29.2 Å². The van der Waals surface area contributed by atoms with Crippen LogP contribution in [-0.2, 0) is 6.42 Å². The van der Waals surface area contributed by atoms with Crippen LogP contribution in [0.15, 0.2) is 48.5 Å². The average molecular weight is 306 g/mol. The minimum Gasteiger partial charge on any atom is -0.392 e. The second-order valence-corrected chi connectivity index (χ2v) is 6.49. The van der Waals surface area contributed by atoms with Crippen LogP contribution in [0.1, 0.15) is 30.6 Å². The van der Waals surface area contributed by atoms with Gasteiger partial charge in [0.1, 0.15) is 0 Å². The summed E-state index contributed by atoms with van der Waals surface area (Å²) in [4.78, 5) is 3.58. The van der Waals surface area contributed by atoms with E-state index in [0.717, 1.165) is 12.8 Å². The molecule has 23 heavy (non-hydrogen) atoms. The molecular formula is C20H22N2O. The maximum absolute atomic E-state index is 9.49. The Morgan fingerprint density at radius 3 is 2.78 bits per heavy atom. The van der Waals surface area contributed by atoms with Gasteiger partial charge < -0.3 is 15.4 Å². The predicted molar refractivity (Wildman–Crippen MR) is 94.5 cm³/mol. The molecule has 0 spiro atoms. The molecule has 3 heteroatoms. The molecule has 3 aromatic rings. The van der Waals surface area contributed by atoms with Crippen LogP contribution in [-0.4, -0.2) is 22.7 Å². The number of nitrogens with one attached hydrogen (secondary N) is 2. The van der Waals surface area contributed by atoms with Gasteiger partial charge in [-0.2, -0.15) is 0 Å². The quantitative estimate of drug-likeness (QED) is 0.687. The molecule has 0 aliphatic heterocycles. The van der Waals surface area contributed by atoms with Crippen LogP contribution in [0.3, 0.4) is 0 Å². The van der Waals surface area contributed by atoms with Gasteiger partial charge in [0.25, 0.3) is 0 Å². The van der Waals surface area contributed by atoms with Gasteiger partial charge in [0.05, 0.1) is 6.10 Å². The molecule has 3 N–H and O–H groups in total. The van der Waals surface area contributed by atoms with Gasteiger partial charge in [-0.05, 0) is 48.6 Å². The smallest absolute Gasteiger partial charge is 0.0636 e. The second-order valence-electron chi connectivity index (χ2n) is 6.49. The Balaban J connectivity index is 1.71. The van der Waals surface area contributed by atoms with Crippen molar-refractivity contribution < 1.29 is 5.11 Å². The van der Waals surface area contributed by atoms with Crippen molar-refractivity contribution in [1.82, 2.24) is 10.3 Å². The van der Waals surface area contributed by atoms with Crippen LogP contribution in [0.5, 0.6) is 0 Å². The lowest BCUT2D eigenvalue weighted by Crippen LogP contribution is -2.27. The Morgan fingerprint density at radius 1 is 1.17 bits per heavy atom. The first-order valence-electron chi connectivity index (χ1n) is 8.34. The molecule has 0 unspecified atom stereocenters. The van der Waals surface area contributed by atoms with Crippen molar-refractivity contribution in [2.24, 2.45) is 0 Å². The molecule has 0 saturated heterocycles. The number of aryl methyl sites for hydroxylation is 1. The molecule has 0 fully saturated rings. The van der Waals surface area contributed by atoms with Crippen LogP contribution >= 0.6 is 0 Å². The van der Waals surface area contributed by atoms with E-state index in [1.807, 2.05) is 6.92 Å². The van der Waals surface area contributed by atoms with Gasteiger partial charge in [-0.15, -0.1) is 0 Å². The highest BCUT2D eigenvalue weighted by Crippen LogP contribution is 2.37. The van der Waals surface area contributed by atoms with Crippen LogP contribution < -0.4 is 5.32 Å². The van der Waals surface area contributed by atoms with E-state index in [4.69, 9.17) is 0 Å². The standard InChI is InChI=1S/C20H22N2O/c1-13(23)12-21-19-10-8-16-17-11-15(14-5-3-2-4-6-14)7-9-18(17)22-20(16)19/h2-7,9,11,13,19,21-23H,8,10,12H2,1H3/t13-,19+/m0/s1. The molecule has 118 valence electrons. The lowest BCUT2D eigenvalue weighted by molar-refractivity contribution is 0.186. The van der Waals surface area contributed by atoms with Crippen molar-refractivity contribution in [2.75, 3.05) is 6.54 Å². The summed E-state index contributed by atoms with van der Waals surface area (Å²) >= 11 is 0. The maximum Gasteiger partial charge on any atom is 0.0636 e. The van der Waals surface area contributed by atoms with Gasteiger partial charge in [0.15, 0.2) is 0 Å². The van der Waals surface area contributed by atoms with E-state index in [0.29, 0.717) is 12.6 Å². The number of aliphatic hydroxyl groups is 1. The highest BCUT2D eigenvalue weighted by molar-refractivity contribution is 5.89. The summed E-state index contributed by atoms with van der Waals surface area (Å²) in [5, 5.41) is 14.3. The highest BCUT2D eigenvalue weighted by Gasteiger charge is 2.26. The Bertz CT molecular complexity index is 820. The predicted octanol–water partition coefficient (Wildman–Crippen LogP) is 3.79. The van der Waals surface area contributed by atoms with E-state index in [2.05, 4.69) is 58.8 Å². The first kappa shape index (κ1) is 14.5. The first-order valence-corrected chi connectivity index (χ1v) is 8.34. The summed E-state index contributed by atoms with van der Waals surface area (Å²) in [6, 6.07) is 17.5. The number of aliphatic hydroxyl groups excluding tert-OH is 1. The van der Waals surface area contributed by atoms with Crippen molar-refractivity contribution in [3.8, 4) is 11.1 Å². The summed E-state index contributed by atoms with van der Waals surface area (Å²) in [6.07, 6.45) is 1.87. The molecule has 4 rings (SSSR count). The number of rotatable bonds is 4. The zero-order chi connectivity index (χ0) is 15.8. The normalized spacial score (nSPS) is 18.3. The van der Waals surface area contributed by atoms with Crippen molar-refractivity contribution >= 4 is 10.9 Å². The summed E-state index contributed by atoms with van der Waals surface area (Å²) in [5.74, 6) is 0. The van der Waals surface area contributed by atoms with Gasteiger partial charge in [-0.3, -0.25) is 0 Å². The molecule has 1 aliphatic rings. The Morgan fingerprint density at radius 2 is 2.00 bits per heavy atom.